The molecule has 0 bridgehead atoms. The Morgan fingerprint density at radius 3 is 2.43 bits per heavy atom. The van der Waals surface area contributed by atoms with Gasteiger partial charge in [0.1, 0.15) is 10.8 Å². The molecule has 1 N–H and O–H groups in total. The van der Waals surface area contributed by atoms with Gasteiger partial charge in [-0.2, -0.15) is 10.2 Å². The van der Waals surface area contributed by atoms with Crippen LogP contribution >= 0.6 is 46.4 Å². The minimum atomic E-state index is -0.560. The summed E-state index contributed by atoms with van der Waals surface area (Å²) in [5.41, 5.74) is 0.597. The molecule has 4 rings (SSSR count). The summed E-state index contributed by atoms with van der Waals surface area (Å²) in [7, 11) is 0. The van der Waals surface area contributed by atoms with Gasteiger partial charge in [0, 0.05) is 40.1 Å². The highest BCUT2D eigenvalue weighted by atomic mass is 35.5. The van der Waals surface area contributed by atoms with Gasteiger partial charge in [0.25, 0.3) is 11.6 Å². The number of nitro groups is 1. The maximum Gasteiger partial charge on any atom is 0.277 e. The van der Waals surface area contributed by atoms with Crippen molar-refractivity contribution < 1.29 is 14.5 Å². The van der Waals surface area contributed by atoms with Crippen LogP contribution in [0, 0.1) is 10.1 Å². The van der Waals surface area contributed by atoms with Crippen LogP contribution in [0.5, 0.6) is 5.75 Å². The second-order valence-corrected chi connectivity index (χ2v) is 8.69. The quantitative estimate of drug-likeness (QED) is 0.212. The number of carbonyl (C=O) groups is 1. The summed E-state index contributed by atoms with van der Waals surface area (Å²) in [6, 6.07) is 10.5. The summed E-state index contributed by atoms with van der Waals surface area (Å²) in [6.45, 7) is 0.171. The van der Waals surface area contributed by atoms with E-state index in [4.69, 9.17) is 51.1 Å². The lowest BCUT2D eigenvalue weighted by Crippen LogP contribution is -2.15. The molecule has 4 aromatic rings. The maximum absolute atomic E-state index is 12.6. The Kier molecular flexibility index (Phi) is 7.46. The van der Waals surface area contributed by atoms with Crippen LogP contribution < -0.4 is 10.1 Å². The first-order valence-corrected chi connectivity index (χ1v) is 11.3. The van der Waals surface area contributed by atoms with Gasteiger partial charge >= 0.3 is 0 Å². The zero-order chi connectivity index (χ0) is 25.1. The van der Waals surface area contributed by atoms with E-state index in [1.165, 1.54) is 46.0 Å². The number of amides is 1. The molecule has 0 aliphatic heterocycles. The van der Waals surface area contributed by atoms with Crippen molar-refractivity contribution in [2.45, 2.75) is 13.3 Å². The smallest absolute Gasteiger partial charge is 0.277 e. The predicted octanol–water partition coefficient (Wildman–Crippen LogP) is 5.94. The number of rotatable bonds is 8. The van der Waals surface area contributed by atoms with Gasteiger partial charge in [-0.3, -0.25) is 19.6 Å². The Morgan fingerprint density at radius 2 is 1.74 bits per heavy atom. The van der Waals surface area contributed by atoms with Crippen LogP contribution in [-0.4, -0.2) is 30.4 Å². The van der Waals surface area contributed by atoms with Gasteiger partial charge in [-0.15, -0.1) is 0 Å². The molecule has 2 heterocycles. The Hall–Kier alpha value is -3.31. The van der Waals surface area contributed by atoms with Gasteiger partial charge in [0.2, 0.25) is 0 Å². The van der Waals surface area contributed by atoms with E-state index in [0.29, 0.717) is 15.6 Å². The fraction of sp³-hybridized carbons (Fsp3) is 0.0952. The van der Waals surface area contributed by atoms with E-state index >= 15 is 0 Å². The number of carbonyl (C=O) groups excluding carboxylic acids is 1. The summed E-state index contributed by atoms with van der Waals surface area (Å²) in [5, 5.41) is 23.1. The number of halogens is 4. The lowest BCUT2D eigenvalue weighted by Gasteiger charge is -2.07. The van der Waals surface area contributed by atoms with Gasteiger partial charge in [0.15, 0.2) is 18.2 Å². The molecule has 0 aliphatic rings. The molecular weight excluding hydrogens is 542 g/mol. The Morgan fingerprint density at radius 1 is 1.00 bits per heavy atom. The van der Waals surface area contributed by atoms with Crippen molar-refractivity contribution in [1.82, 2.24) is 19.6 Å². The minimum Gasteiger partial charge on any atom is -0.470 e. The molecule has 14 heteroatoms. The largest absolute Gasteiger partial charge is 0.470 e. The number of aromatic nitrogens is 4. The van der Waals surface area contributed by atoms with Crippen LogP contribution in [-0.2, 0) is 13.3 Å². The summed E-state index contributed by atoms with van der Waals surface area (Å²) >= 11 is 24.6. The molecule has 180 valence electrons. The van der Waals surface area contributed by atoms with Gasteiger partial charge in [-0.1, -0.05) is 52.5 Å². The number of hydrogen-bond acceptors (Lipinski definition) is 6. The lowest BCUT2D eigenvalue weighted by molar-refractivity contribution is -0.384. The Bertz CT molecular complexity index is 1400. The van der Waals surface area contributed by atoms with E-state index in [1.807, 2.05) is 0 Å². The normalized spacial score (nSPS) is 10.9. The molecule has 2 aromatic heterocycles. The molecule has 0 aliphatic carbocycles. The fourth-order valence-electron chi connectivity index (χ4n) is 2.99. The second kappa shape index (κ2) is 10.5. The fourth-order valence-corrected chi connectivity index (χ4v) is 3.93. The van der Waals surface area contributed by atoms with Crippen LogP contribution in [0.25, 0.3) is 0 Å². The predicted molar refractivity (Wildman–Crippen MR) is 132 cm³/mol. The molecule has 2 aromatic carbocycles. The van der Waals surface area contributed by atoms with Crippen LogP contribution in [0.4, 0.5) is 11.5 Å². The van der Waals surface area contributed by atoms with E-state index in [9.17, 15) is 14.9 Å². The molecule has 0 unspecified atom stereocenters. The summed E-state index contributed by atoms with van der Waals surface area (Å²) in [4.78, 5) is 22.9. The zero-order valence-electron chi connectivity index (χ0n) is 17.5. The summed E-state index contributed by atoms with van der Waals surface area (Å²) in [6.07, 6.45) is 3.06. The molecule has 1 amide bonds. The standard InChI is InChI=1S/C21H14Cl4N6O4/c22-14-2-1-3-15(23)13(14)9-30-10-17(25)20(28-30)26-21(32)18-6-7-29(27-18)11-35-19-5-4-12(31(33)34)8-16(19)24/h1-8,10H,9,11H2,(H,26,28,32). The second-order valence-electron chi connectivity index (χ2n) is 7.06. The number of anilines is 1. The molecule has 10 nitrogen and oxygen atoms in total. The van der Waals surface area contributed by atoms with Crippen LogP contribution in [0.2, 0.25) is 20.1 Å². The molecule has 0 saturated heterocycles. The minimum absolute atomic E-state index is 0.0765. The Balaban J connectivity index is 1.39. The molecule has 0 fully saturated rings. The number of hydrogen-bond donors (Lipinski definition) is 1. The third-order valence-electron chi connectivity index (χ3n) is 4.68. The van der Waals surface area contributed by atoms with Gasteiger partial charge in [-0.25, -0.2) is 4.68 Å². The van der Waals surface area contributed by atoms with Gasteiger partial charge in [-0.05, 0) is 24.3 Å². The highest BCUT2D eigenvalue weighted by molar-refractivity contribution is 6.36. The summed E-state index contributed by atoms with van der Waals surface area (Å²) < 4.78 is 8.38. The van der Waals surface area contributed by atoms with Crippen molar-refractivity contribution in [3.05, 3.63) is 96.3 Å². The van der Waals surface area contributed by atoms with Crippen molar-refractivity contribution in [1.29, 1.82) is 0 Å². The number of non-ortho nitro benzene ring substituents is 1. The molecule has 0 atom stereocenters. The number of nitrogens with one attached hydrogen (secondary N) is 1. The number of benzene rings is 2. The van der Waals surface area contributed by atoms with Gasteiger partial charge in [0.05, 0.1) is 16.5 Å². The maximum atomic E-state index is 12.6. The lowest BCUT2D eigenvalue weighted by atomic mass is 10.2. The SMILES string of the molecule is O=C(Nc1nn(Cc2c(Cl)cccc2Cl)cc1Cl)c1ccn(COc2ccc([N+](=O)[O-])cc2Cl)n1. The van der Waals surface area contributed by atoms with E-state index in [2.05, 4.69) is 15.5 Å². The van der Waals surface area contributed by atoms with Crippen molar-refractivity contribution in [3.63, 3.8) is 0 Å². The first-order chi connectivity index (χ1) is 16.7. The number of nitro benzene ring substituents is 1. The average Bonchev–Trinajstić information content (AvgIpc) is 3.42. The Labute approximate surface area is 218 Å². The highest BCUT2D eigenvalue weighted by Gasteiger charge is 2.16. The summed E-state index contributed by atoms with van der Waals surface area (Å²) in [5.74, 6) is -0.168. The van der Waals surface area contributed by atoms with Crippen LogP contribution in [0.15, 0.2) is 54.9 Å². The third kappa shape index (κ3) is 5.85. The van der Waals surface area contributed by atoms with Crippen molar-refractivity contribution >= 4 is 63.8 Å². The molecule has 35 heavy (non-hydrogen) atoms. The molecular formula is C21H14Cl4N6O4. The average molecular weight is 556 g/mol. The molecule has 0 radical (unpaired) electrons. The van der Waals surface area contributed by atoms with E-state index in [1.54, 1.807) is 18.2 Å². The number of ether oxygens (including phenoxy) is 1. The highest BCUT2D eigenvalue weighted by Crippen LogP contribution is 2.29. The van der Waals surface area contributed by atoms with E-state index < -0.39 is 10.8 Å². The van der Waals surface area contributed by atoms with Gasteiger partial charge < -0.3 is 10.1 Å². The van der Waals surface area contributed by atoms with E-state index in [0.717, 1.165) is 0 Å². The third-order valence-corrected chi connectivity index (χ3v) is 5.96. The van der Waals surface area contributed by atoms with Crippen molar-refractivity contribution in [2.24, 2.45) is 0 Å². The van der Waals surface area contributed by atoms with Crippen molar-refractivity contribution in [2.75, 3.05) is 5.32 Å². The topological polar surface area (TPSA) is 117 Å². The monoisotopic (exact) mass is 554 g/mol. The zero-order valence-corrected chi connectivity index (χ0v) is 20.5. The molecule has 0 saturated carbocycles. The van der Waals surface area contributed by atoms with Crippen LogP contribution in [0.1, 0.15) is 16.1 Å². The van der Waals surface area contributed by atoms with Crippen molar-refractivity contribution in [3.8, 4) is 5.75 Å². The first-order valence-electron chi connectivity index (χ1n) is 9.78. The number of nitrogens with zero attached hydrogens (tertiary/aromatic N) is 5. The van der Waals surface area contributed by atoms with E-state index in [-0.39, 0.29) is 46.3 Å². The first kappa shape index (κ1) is 24.8. The molecule has 0 spiro atoms. The van der Waals surface area contributed by atoms with Crippen LogP contribution in [0.3, 0.4) is 0 Å².